The smallest absolute Gasteiger partial charge is 0.319 e. The van der Waals surface area contributed by atoms with Gasteiger partial charge in [0.25, 0.3) is 5.69 Å². The van der Waals surface area contributed by atoms with Gasteiger partial charge in [0.15, 0.2) is 0 Å². The van der Waals surface area contributed by atoms with Crippen LogP contribution in [0.15, 0.2) is 30.6 Å². The molecule has 1 saturated carbocycles. The second-order valence-corrected chi connectivity index (χ2v) is 5.32. The van der Waals surface area contributed by atoms with E-state index in [4.69, 9.17) is 0 Å². The maximum Gasteiger partial charge on any atom is 0.319 e. The minimum atomic E-state index is -0.486. The number of nitrogens with zero attached hydrogens (tertiary/aromatic N) is 4. The van der Waals surface area contributed by atoms with Crippen LogP contribution in [0.1, 0.15) is 24.7 Å². The van der Waals surface area contributed by atoms with Gasteiger partial charge in [0.2, 0.25) is 0 Å². The van der Waals surface area contributed by atoms with Crippen LogP contribution in [0.4, 0.5) is 16.2 Å². The van der Waals surface area contributed by atoms with Crippen molar-refractivity contribution >= 4 is 17.4 Å². The number of urea groups is 1. The lowest BCUT2D eigenvalue weighted by Gasteiger charge is -2.08. The first-order chi connectivity index (χ1) is 11.1. The van der Waals surface area contributed by atoms with Crippen LogP contribution in [-0.4, -0.2) is 32.3 Å². The molecule has 1 aromatic carbocycles. The first-order valence-electron chi connectivity index (χ1n) is 7.31. The molecule has 0 bridgehead atoms. The molecular formula is C14H16N6O3. The highest BCUT2D eigenvalue weighted by atomic mass is 16.6. The predicted molar refractivity (Wildman–Crippen MR) is 82.1 cm³/mol. The summed E-state index contributed by atoms with van der Waals surface area (Å²) in [6, 6.07) is 5.80. The van der Waals surface area contributed by atoms with Crippen molar-refractivity contribution in [2.45, 2.75) is 25.3 Å². The van der Waals surface area contributed by atoms with E-state index in [1.165, 1.54) is 24.3 Å². The average Bonchev–Trinajstić information content (AvgIpc) is 3.27. The molecule has 1 aromatic heterocycles. The molecule has 3 rings (SSSR count). The third-order valence-corrected chi connectivity index (χ3v) is 3.56. The van der Waals surface area contributed by atoms with Crippen molar-refractivity contribution in [1.82, 2.24) is 20.1 Å². The van der Waals surface area contributed by atoms with Crippen LogP contribution in [0.5, 0.6) is 0 Å². The maximum absolute atomic E-state index is 11.8. The Hall–Kier alpha value is -2.97. The van der Waals surface area contributed by atoms with E-state index in [2.05, 4.69) is 25.4 Å². The number of hydrogen-bond acceptors (Lipinski definition) is 5. The van der Waals surface area contributed by atoms with Crippen LogP contribution in [-0.2, 0) is 6.42 Å². The standard InChI is InChI=1S/C14H16N6O3/c21-14(17-10-1-3-12(4-2-10)20(22)23)15-8-7-13-18-16-9-19(13)11-5-6-11/h1-4,9,11H,5-8H2,(H2,15,17,21). The number of amides is 2. The quantitative estimate of drug-likeness (QED) is 0.623. The Labute approximate surface area is 131 Å². The maximum atomic E-state index is 11.8. The van der Waals surface area contributed by atoms with Gasteiger partial charge in [-0.15, -0.1) is 10.2 Å². The van der Waals surface area contributed by atoms with E-state index in [-0.39, 0.29) is 11.7 Å². The van der Waals surface area contributed by atoms with Gasteiger partial charge in [-0.2, -0.15) is 0 Å². The van der Waals surface area contributed by atoms with Gasteiger partial charge in [-0.05, 0) is 25.0 Å². The molecular weight excluding hydrogens is 300 g/mol. The van der Waals surface area contributed by atoms with Crippen LogP contribution in [0, 0.1) is 10.1 Å². The minimum Gasteiger partial charge on any atom is -0.337 e. The number of hydrogen-bond donors (Lipinski definition) is 2. The summed E-state index contributed by atoms with van der Waals surface area (Å²) in [5.41, 5.74) is 0.476. The number of carbonyl (C=O) groups excluding carboxylic acids is 1. The van der Waals surface area contributed by atoms with Gasteiger partial charge in [0.1, 0.15) is 12.2 Å². The molecule has 1 heterocycles. The zero-order chi connectivity index (χ0) is 16.2. The fourth-order valence-electron chi connectivity index (χ4n) is 2.23. The molecule has 0 unspecified atom stereocenters. The molecule has 2 aromatic rings. The summed E-state index contributed by atoms with van der Waals surface area (Å²) in [6.45, 7) is 0.435. The van der Waals surface area contributed by atoms with E-state index in [1.807, 2.05) is 0 Å². The second kappa shape index (κ2) is 6.42. The Morgan fingerprint density at radius 3 is 2.74 bits per heavy atom. The summed E-state index contributed by atoms with van der Waals surface area (Å²) < 4.78 is 2.05. The molecule has 0 spiro atoms. The van der Waals surface area contributed by atoms with E-state index < -0.39 is 4.92 Å². The van der Waals surface area contributed by atoms with E-state index in [0.717, 1.165) is 18.7 Å². The van der Waals surface area contributed by atoms with E-state index in [1.54, 1.807) is 6.33 Å². The van der Waals surface area contributed by atoms with Gasteiger partial charge in [-0.25, -0.2) is 4.79 Å². The van der Waals surface area contributed by atoms with Gasteiger partial charge in [-0.1, -0.05) is 0 Å². The second-order valence-electron chi connectivity index (χ2n) is 5.32. The topological polar surface area (TPSA) is 115 Å². The molecule has 2 N–H and O–H groups in total. The SMILES string of the molecule is O=C(NCCc1nncn1C1CC1)Nc1ccc([N+](=O)[O-])cc1. The summed E-state index contributed by atoms with van der Waals surface area (Å²) in [6.07, 6.45) is 4.63. The molecule has 0 aliphatic heterocycles. The number of aromatic nitrogens is 3. The molecule has 9 heteroatoms. The van der Waals surface area contributed by atoms with Crippen LogP contribution in [0.25, 0.3) is 0 Å². The van der Waals surface area contributed by atoms with Crippen molar-refractivity contribution < 1.29 is 9.72 Å². The summed E-state index contributed by atoms with van der Waals surface area (Å²) >= 11 is 0. The lowest BCUT2D eigenvalue weighted by atomic mass is 10.3. The molecule has 9 nitrogen and oxygen atoms in total. The normalized spacial score (nSPS) is 13.6. The van der Waals surface area contributed by atoms with Crippen LogP contribution < -0.4 is 10.6 Å². The number of benzene rings is 1. The van der Waals surface area contributed by atoms with Crippen molar-refractivity contribution in [3.63, 3.8) is 0 Å². The first kappa shape index (κ1) is 14.9. The average molecular weight is 316 g/mol. The summed E-state index contributed by atoms with van der Waals surface area (Å²) in [5, 5.41) is 23.9. The first-order valence-corrected chi connectivity index (χ1v) is 7.31. The van der Waals surface area contributed by atoms with Crippen molar-refractivity contribution in [2.24, 2.45) is 0 Å². The molecule has 120 valence electrons. The fraction of sp³-hybridized carbons (Fsp3) is 0.357. The monoisotopic (exact) mass is 316 g/mol. The van der Waals surface area contributed by atoms with E-state index in [9.17, 15) is 14.9 Å². The number of rotatable bonds is 6. The van der Waals surface area contributed by atoms with Gasteiger partial charge < -0.3 is 15.2 Å². The Kier molecular flexibility index (Phi) is 4.18. The zero-order valence-electron chi connectivity index (χ0n) is 12.3. The number of anilines is 1. The zero-order valence-corrected chi connectivity index (χ0v) is 12.3. The third-order valence-electron chi connectivity index (χ3n) is 3.56. The number of nitro benzene ring substituents is 1. The molecule has 0 atom stereocenters. The summed E-state index contributed by atoms with van der Waals surface area (Å²) in [7, 11) is 0. The summed E-state index contributed by atoms with van der Waals surface area (Å²) in [5.74, 6) is 0.864. The highest BCUT2D eigenvalue weighted by Crippen LogP contribution is 2.35. The number of nitrogens with one attached hydrogen (secondary N) is 2. The van der Waals surface area contributed by atoms with Gasteiger partial charge >= 0.3 is 6.03 Å². The van der Waals surface area contributed by atoms with E-state index in [0.29, 0.717) is 24.7 Å². The molecule has 2 amide bonds. The predicted octanol–water partition coefficient (Wildman–Crippen LogP) is 1.89. The lowest BCUT2D eigenvalue weighted by molar-refractivity contribution is -0.384. The number of carbonyl (C=O) groups is 1. The Morgan fingerprint density at radius 1 is 1.35 bits per heavy atom. The molecule has 1 aliphatic carbocycles. The third kappa shape index (κ3) is 3.82. The van der Waals surface area contributed by atoms with E-state index >= 15 is 0 Å². The van der Waals surface area contributed by atoms with Crippen molar-refractivity contribution in [3.8, 4) is 0 Å². The number of non-ortho nitro benzene ring substituents is 1. The Bertz CT molecular complexity index is 708. The largest absolute Gasteiger partial charge is 0.337 e. The fourth-order valence-corrected chi connectivity index (χ4v) is 2.23. The molecule has 0 radical (unpaired) electrons. The number of nitro groups is 1. The van der Waals surface area contributed by atoms with Crippen LogP contribution in [0.2, 0.25) is 0 Å². The molecule has 1 fully saturated rings. The van der Waals surface area contributed by atoms with Crippen molar-refractivity contribution in [1.29, 1.82) is 0 Å². The Morgan fingerprint density at radius 2 is 2.09 bits per heavy atom. The minimum absolute atomic E-state index is 0.0182. The lowest BCUT2D eigenvalue weighted by Crippen LogP contribution is -2.30. The van der Waals surface area contributed by atoms with Crippen molar-refractivity contribution in [3.05, 3.63) is 46.5 Å². The van der Waals surface area contributed by atoms with Crippen LogP contribution >= 0.6 is 0 Å². The van der Waals surface area contributed by atoms with Crippen LogP contribution in [0.3, 0.4) is 0 Å². The molecule has 0 saturated heterocycles. The highest BCUT2D eigenvalue weighted by molar-refractivity contribution is 5.89. The van der Waals surface area contributed by atoms with Gasteiger partial charge in [0, 0.05) is 36.8 Å². The summed E-state index contributed by atoms with van der Waals surface area (Å²) in [4.78, 5) is 21.9. The van der Waals surface area contributed by atoms with Gasteiger partial charge in [0.05, 0.1) is 4.92 Å². The molecule has 1 aliphatic rings. The van der Waals surface area contributed by atoms with Gasteiger partial charge in [-0.3, -0.25) is 10.1 Å². The Balaban J connectivity index is 1.46. The highest BCUT2D eigenvalue weighted by Gasteiger charge is 2.25. The van der Waals surface area contributed by atoms with Crippen molar-refractivity contribution in [2.75, 3.05) is 11.9 Å². The molecule has 23 heavy (non-hydrogen) atoms.